The molecule has 0 fully saturated rings. The van der Waals surface area contributed by atoms with Crippen LogP contribution in [0, 0.1) is 0 Å². The van der Waals surface area contributed by atoms with Gasteiger partial charge in [-0.05, 0) is 169 Å². The fourth-order valence-corrected chi connectivity index (χ4v) is 13.8. The van der Waals surface area contributed by atoms with E-state index in [1.807, 2.05) is 11.3 Å². The molecule has 0 radical (unpaired) electrons. The summed E-state index contributed by atoms with van der Waals surface area (Å²) in [5, 5.41) is 10.1. The summed E-state index contributed by atoms with van der Waals surface area (Å²) in [6, 6.07) is 97.3. The fourth-order valence-electron chi connectivity index (χ4n) is 12.7. The van der Waals surface area contributed by atoms with Crippen molar-refractivity contribution in [1.29, 1.82) is 0 Å². The van der Waals surface area contributed by atoms with Gasteiger partial charge in [-0.15, -0.1) is 11.3 Å². The van der Waals surface area contributed by atoms with E-state index in [4.69, 9.17) is 0 Å². The van der Waals surface area contributed by atoms with Crippen LogP contribution in [0.15, 0.2) is 261 Å². The lowest BCUT2D eigenvalue weighted by Crippen LogP contribution is -2.14. The first-order valence-corrected chi connectivity index (χ1v) is 29.5. The van der Waals surface area contributed by atoms with Gasteiger partial charge in [0.25, 0.3) is 0 Å². The lowest BCUT2D eigenvalue weighted by Gasteiger charge is -2.28. The van der Waals surface area contributed by atoms with Crippen LogP contribution in [0.1, 0.15) is 52.7 Å². The molecule has 0 N–H and O–H groups in total. The molecule has 394 valence electrons. The van der Waals surface area contributed by atoms with Crippen molar-refractivity contribution in [2.45, 2.75) is 52.4 Å². The summed E-state index contributed by atoms with van der Waals surface area (Å²) >= 11 is 1.89. The van der Waals surface area contributed by atoms with Gasteiger partial charge in [0, 0.05) is 75.8 Å². The van der Waals surface area contributed by atoms with Gasteiger partial charge in [-0.3, -0.25) is 0 Å². The number of nitrogens with zero attached hydrogens (tertiary/aromatic N) is 3. The minimum Gasteiger partial charge on any atom is -0.310 e. The monoisotopic (exact) mass is 1070 g/mol. The minimum absolute atomic E-state index is 0.000407. The normalized spacial score (nSPS) is 12.3. The van der Waals surface area contributed by atoms with Crippen molar-refractivity contribution in [1.82, 2.24) is 4.40 Å². The molecule has 3 nitrogen and oxygen atoms in total. The van der Waals surface area contributed by atoms with Gasteiger partial charge < -0.3 is 14.2 Å². The number of anilines is 6. The molecule has 0 atom stereocenters. The summed E-state index contributed by atoms with van der Waals surface area (Å²) in [6.07, 6.45) is 0. The third kappa shape index (κ3) is 8.39. The summed E-state index contributed by atoms with van der Waals surface area (Å²) < 4.78 is 5.12. The molecule has 82 heavy (non-hydrogen) atoms. The van der Waals surface area contributed by atoms with Crippen molar-refractivity contribution in [3.63, 3.8) is 0 Å². The Morgan fingerprint density at radius 1 is 0.293 bits per heavy atom. The Morgan fingerprint density at radius 3 is 1.28 bits per heavy atom. The second kappa shape index (κ2) is 19.1. The first-order valence-electron chi connectivity index (χ1n) is 28.6. The van der Waals surface area contributed by atoms with E-state index in [9.17, 15) is 0 Å². The van der Waals surface area contributed by atoms with Crippen LogP contribution in [0.2, 0.25) is 0 Å². The van der Waals surface area contributed by atoms with E-state index in [1.54, 1.807) is 0 Å². The van der Waals surface area contributed by atoms with Crippen LogP contribution in [0.5, 0.6) is 0 Å². The zero-order valence-electron chi connectivity index (χ0n) is 47.1. The number of benzene rings is 12. The Balaban J connectivity index is 0.919. The molecule has 0 amide bonds. The van der Waals surface area contributed by atoms with Gasteiger partial charge >= 0.3 is 0 Å². The Bertz CT molecular complexity index is 4910. The second-order valence-corrected chi connectivity index (χ2v) is 25.3. The topological polar surface area (TPSA) is 10.9 Å². The van der Waals surface area contributed by atoms with Crippen molar-refractivity contribution in [2.75, 3.05) is 9.80 Å². The second-order valence-electron chi connectivity index (χ2n) is 24.2. The number of hydrogen-bond acceptors (Lipinski definition) is 3. The zero-order chi connectivity index (χ0) is 55.4. The highest BCUT2D eigenvalue weighted by atomic mass is 32.1. The van der Waals surface area contributed by atoms with E-state index in [1.165, 1.54) is 114 Å². The molecule has 0 aliphatic heterocycles. The number of fused-ring (bicyclic) bond motifs is 11. The van der Waals surface area contributed by atoms with E-state index in [-0.39, 0.29) is 10.8 Å². The van der Waals surface area contributed by atoms with Crippen LogP contribution in [0.4, 0.5) is 34.1 Å². The van der Waals surface area contributed by atoms with E-state index < -0.39 is 0 Å². The van der Waals surface area contributed by atoms with E-state index >= 15 is 0 Å². The molecule has 15 aromatic rings. The summed E-state index contributed by atoms with van der Waals surface area (Å²) in [7, 11) is 0. The molecule has 0 aliphatic rings. The average molecular weight is 1070 g/mol. The minimum atomic E-state index is -0.0198. The molecule has 0 aliphatic carbocycles. The summed E-state index contributed by atoms with van der Waals surface area (Å²) in [5.74, 6) is 0. The molecule has 0 bridgehead atoms. The maximum atomic E-state index is 2.56. The van der Waals surface area contributed by atoms with Crippen LogP contribution in [-0.4, -0.2) is 4.40 Å². The number of hydrogen-bond donors (Lipinski definition) is 0. The molecule has 3 heterocycles. The van der Waals surface area contributed by atoms with Crippen LogP contribution >= 0.6 is 11.3 Å². The number of rotatable bonds is 9. The molecule has 0 saturated heterocycles. The molecular formula is C78H61N3S. The highest BCUT2D eigenvalue weighted by molar-refractivity contribution is 7.26. The van der Waals surface area contributed by atoms with Gasteiger partial charge in [-0.25, -0.2) is 0 Å². The average Bonchev–Trinajstić information content (AvgIpc) is 4.36. The van der Waals surface area contributed by atoms with Crippen LogP contribution in [0.3, 0.4) is 0 Å². The fraction of sp³-hybridized carbons (Fsp3) is 0.103. The quantitative estimate of drug-likeness (QED) is 0.143. The highest BCUT2D eigenvalue weighted by Crippen LogP contribution is 2.49. The maximum absolute atomic E-state index is 2.56. The number of aromatic nitrogens is 1. The summed E-state index contributed by atoms with van der Waals surface area (Å²) in [6.45, 7) is 13.8. The standard InChI is InChI=1S/C78H61N3S/c1-77(2,3)57-24-16-26-61(45-57)79(59-33-28-53(29-34-59)50-18-10-7-11-19-50)63-37-39-65-69-42-56(52-22-14-9-15-23-52)43-70-68-49-67-55(44-71(68)81(76(69)70)72(65)47-63)32-41-73-75(67)66-40-38-64(48-74(66)82-73)80(62-27-17-25-58(46-62)78(4,5)6)60-35-30-54(31-36-60)51-20-12-8-13-21-51/h7-49H,1-6H3. The van der Waals surface area contributed by atoms with Gasteiger partial charge in [0.15, 0.2) is 0 Å². The molecule has 12 aromatic carbocycles. The molecule has 0 unspecified atom stereocenters. The van der Waals surface area contributed by atoms with Crippen molar-refractivity contribution < 1.29 is 0 Å². The SMILES string of the molecule is CC(C)(C)c1cccc(N(c2ccc(-c3ccccc3)cc2)c2ccc3c(c2)sc2ccc4cc5c(cc4c23)c2cc(-c3ccccc3)cc3c4ccc(N(c6ccc(-c7ccccc7)cc6)c6cccc(C(C)(C)C)c6)cc4n5c32)c1. The Kier molecular flexibility index (Phi) is 11.5. The highest BCUT2D eigenvalue weighted by Gasteiger charge is 2.25. The molecule has 0 saturated carbocycles. The number of thiophene rings is 1. The van der Waals surface area contributed by atoms with Crippen LogP contribution in [0.25, 0.3) is 102 Å². The predicted octanol–water partition coefficient (Wildman–Crippen LogP) is 22.9. The molecular weight excluding hydrogens is 1010 g/mol. The van der Waals surface area contributed by atoms with Gasteiger partial charge in [-0.1, -0.05) is 199 Å². The third-order valence-corrected chi connectivity index (χ3v) is 18.1. The Hall–Kier alpha value is -9.48. The predicted molar refractivity (Wildman–Crippen MR) is 355 cm³/mol. The molecule has 3 aromatic heterocycles. The lowest BCUT2D eigenvalue weighted by atomic mass is 9.87. The first-order chi connectivity index (χ1) is 39.9. The zero-order valence-corrected chi connectivity index (χ0v) is 47.9. The summed E-state index contributed by atoms with van der Waals surface area (Å²) in [4.78, 5) is 4.87. The van der Waals surface area contributed by atoms with Crippen molar-refractivity contribution in [2.24, 2.45) is 0 Å². The van der Waals surface area contributed by atoms with Crippen LogP contribution in [-0.2, 0) is 10.8 Å². The maximum Gasteiger partial charge on any atom is 0.0620 e. The molecule has 4 heteroatoms. The first kappa shape index (κ1) is 49.6. The largest absolute Gasteiger partial charge is 0.310 e. The third-order valence-electron chi connectivity index (χ3n) is 17.0. The van der Waals surface area contributed by atoms with Crippen molar-refractivity contribution >= 4 is 115 Å². The van der Waals surface area contributed by atoms with Gasteiger partial charge in [0.05, 0.1) is 16.6 Å². The summed E-state index contributed by atoms with van der Waals surface area (Å²) in [5.41, 5.74) is 20.3. The van der Waals surface area contributed by atoms with Crippen molar-refractivity contribution in [3.05, 3.63) is 272 Å². The Labute approximate surface area is 483 Å². The van der Waals surface area contributed by atoms with E-state index in [0.717, 1.165) is 34.1 Å². The lowest BCUT2D eigenvalue weighted by molar-refractivity contribution is 0.590. The van der Waals surface area contributed by atoms with E-state index in [2.05, 4.69) is 317 Å². The van der Waals surface area contributed by atoms with Gasteiger partial charge in [0.1, 0.15) is 0 Å². The van der Waals surface area contributed by atoms with E-state index in [0.29, 0.717) is 0 Å². The molecule has 15 rings (SSSR count). The smallest absolute Gasteiger partial charge is 0.0620 e. The van der Waals surface area contributed by atoms with Crippen LogP contribution < -0.4 is 9.80 Å². The van der Waals surface area contributed by atoms with Gasteiger partial charge in [-0.2, -0.15) is 0 Å². The van der Waals surface area contributed by atoms with Crippen molar-refractivity contribution in [3.8, 4) is 33.4 Å². The molecule has 0 spiro atoms. The van der Waals surface area contributed by atoms with Gasteiger partial charge in [0.2, 0.25) is 0 Å². The Morgan fingerprint density at radius 2 is 0.744 bits per heavy atom.